The molecule has 0 unspecified atom stereocenters. The van der Waals surface area contributed by atoms with Crippen LogP contribution in [0.2, 0.25) is 0 Å². The molecule has 0 radical (unpaired) electrons. The number of esters is 1. The van der Waals surface area contributed by atoms with Gasteiger partial charge in [-0.2, -0.15) is 0 Å². The van der Waals surface area contributed by atoms with Crippen LogP contribution in [0.1, 0.15) is 21.0 Å². The summed E-state index contributed by atoms with van der Waals surface area (Å²) in [6.07, 6.45) is 1.55. The van der Waals surface area contributed by atoms with Crippen molar-refractivity contribution in [2.75, 3.05) is 18.2 Å². The minimum absolute atomic E-state index is 0.208. The number of benzene rings is 1. The number of hydrogen-bond donors (Lipinski definition) is 2. The largest absolute Gasteiger partial charge is 0.465 e. The lowest BCUT2D eigenvalue weighted by Gasteiger charge is -2.05. The number of nitrogens with two attached hydrogens (primary N) is 1. The lowest BCUT2D eigenvalue weighted by molar-refractivity contribution is 0.0600. The first kappa shape index (κ1) is 13.6. The molecule has 20 heavy (non-hydrogen) atoms. The van der Waals surface area contributed by atoms with E-state index in [1.165, 1.54) is 11.7 Å². The third-order valence-electron chi connectivity index (χ3n) is 2.66. The summed E-state index contributed by atoms with van der Waals surface area (Å²) in [7, 11) is 2.99. The van der Waals surface area contributed by atoms with Crippen molar-refractivity contribution in [3.8, 4) is 0 Å². The molecule has 3 N–H and O–H groups in total. The second-order valence-corrected chi connectivity index (χ2v) is 4.12. The summed E-state index contributed by atoms with van der Waals surface area (Å²) < 4.78 is 6.13. The number of carbonyl (C=O) groups excluding carboxylic acids is 2. The quantitative estimate of drug-likeness (QED) is 0.815. The van der Waals surface area contributed by atoms with Crippen molar-refractivity contribution in [1.82, 2.24) is 9.55 Å². The van der Waals surface area contributed by atoms with Gasteiger partial charge in [0.05, 0.1) is 12.7 Å². The number of rotatable bonds is 3. The molecule has 0 aliphatic carbocycles. The van der Waals surface area contributed by atoms with E-state index >= 15 is 0 Å². The Bertz CT molecular complexity index is 646. The summed E-state index contributed by atoms with van der Waals surface area (Å²) in [5.41, 5.74) is 6.47. The molecule has 0 bridgehead atoms. The van der Waals surface area contributed by atoms with Crippen LogP contribution in [0.3, 0.4) is 0 Å². The predicted octanol–water partition coefficient (Wildman–Crippen LogP) is 1.04. The monoisotopic (exact) mass is 274 g/mol. The van der Waals surface area contributed by atoms with Gasteiger partial charge in [0.1, 0.15) is 5.82 Å². The van der Waals surface area contributed by atoms with Crippen LogP contribution >= 0.6 is 0 Å². The minimum Gasteiger partial charge on any atom is -0.465 e. The predicted molar refractivity (Wildman–Crippen MR) is 73.4 cm³/mol. The van der Waals surface area contributed by atoms with Crippen LogP contribution in [0.4, 0.5) is 11.5 Å². The minimum atomic E-state index is -0.431. The van der Waals surface area contributed by atoms with E-state index in [2.05, 4.69) is 15.0 Å². The number of nitrogens with one attached hydrogen (secondary N) is 1. The molecule has 0 aliphatic heterocycles. The van der Waals surface area contributed by atoms with E-state index in [4.69, 9.17) is 5.73 Å². The Balaban J connectivity index is 2.12. The number of nitrogens with zero attached hydrogens (tertiary/aromatic N) is 2. The molecule has 2 rings (SSSR count). The Labute approximate surface area is 115 Å². The number of aryl methyl sites for hydroxylation is 1. The highest BCUT2D eigenvalue weighted by atomic mass is 16.5. The second-order valence-electron chi connectivity index (χ2n) is 4.12. The van der Waals surface area contributed by atoms with Crippen LogP contribution in [0.25, 0.3) is 0 Å². The lowest BCUT2D eigenvalue weighted by atomic mass is 10.2. The van der Waals surface area contributed by atoms with Gasteiger partial charge in [-0.25, -0.2) is 9.78 Å². The fraction of sp³-hybridized carbons (Fsp3) is 0.154. The molecule has 1 aromatic heterocycles. The van der Waals surface area contributed by atoms with Crippen molar-refractivity contribution in [2.45, 2.75) is 0 Å². The van der Waals surface area contributed by atoms with Gasteiger partial charge in [0.15, 0.2) is 0 Å². The normalized spacial score (nSPS) is 10.1. The molecule has 104 valence electrons. The van der Waals surface area contributed by atoms with Gasteiger partial charge < -0.3 is 20.4 Å². The Hall–Kier alpha value is -2.83. The first-order valence-electron chi connectivity index (χ1n) is 5.80. The smallest absolute Gasteiger partial charge is 0.337 e. The Kier molecular flexibility index (Phi) is 3.69. The van der Waals surface area contributed by atoms with E-state index in [1.807, 2.05) is 0 Å². The van der Waals surface area contributed by atoms with Crippen LogP contribution in [0.5, 0.6) is 0 Å². The molecule has 1 heterocycles. The highest BCUT2D eigenvalue weighted by Gasteiger charge is 2.13. The topological polar surface area (TPSA) is 99.2 Å². The summed E-state index contributed by atoms with van der Waals surface area (Å²) in [6, 6.07) is 6.34. The van der Waals surface area contributed by atoms with Crippen LogP contribution in [0.15, 0.2) is 30.5 Å². The molecular weight excluding hydrogens is 260 g/mol. The van der Waals surface area contributed by atoms with Crippen molar-refractivity contribution < 1.29 is 14.3 Å². The van der Waals surface area contributed by atoms with Crippen molar-refractivity contribution in [1.29, 1.82) is 0 Å². The second kappa shape index (κ2) is 5.43. The summed E-state index contributed by atoms with van der Waals surface area (Å²) in [4.78, 5) is 27.2. The molecule has 1 aromatic carbocycles. The Morgan fingerprint density at radius 3 is 2.45 bits per heavy atom. The van der Waals surface area contributed by atoms with Gasteiger partial charge in [-0.15, -0.1) is 0 Å². The van der Waals surface area contributed by atoms with E-state index in [-0.39, 0.29) is 17.5 Å². The maximum Gasteiger partial charge on any atom is 0.337 e. The van der Waals surface area contributed by atoms with E-state index in [0.717, 1.165) is 0 Å². The highest BCUT2D eigenvalue weighted by molar-refractivity contribution is 6.02. The van der Waals surface area contributed by atoms with Crippen molar-refractivity contribution in [3.63, 3.8) is 0 Å². The van der Waals surface area contributed by atoms with Gasteiger partial charge in [0.2, 0.25) is 5.82 Å². The van der Waals surface area contributed by atoms with E-state index < -0.39 is 5.97 Å². The third-order valence-corrected chi connectivity index (χ3v) is 2.66. The molecule has 0 fully saturated rings. The van der Waals surface area contributed by atoms with Gasteiger partial charge in [-0.1, -0.05) is 0 Å². The number of amides is 1. The zero-order chi connectivity index (χ0) is 14.7. The van der Waals surface area contributed by atoms with E-state index in [9.17, 15) is 9.59 Å². The van der Waals surface area contributed by atoms with E-state index in [1.54, 1.807) is 37.5 Å². The molecule has 1 amide bonds. The number of carbonyl (C=O) groups is 2. The van der Waals surface area contributed by atoms with Gasteiger partial charge in [0.25, 0.3) is 5.91 Å². The molecule has 0 saturated heterocycles. The maximum absolute atomic E-state index is 12.0. The maximum atomic E-state index is 12.0. The van der Waals surface area contributed by atoms with Crippen LogP contribution in [-0.4, -0.2) is 28.5 Å². The average Bonchev–Trinajstić information content (AvgIpc) is 2.78. The lowest BCUT2D eigenvalue weighted by Crippen LogP contribution is -2.16. The summed E-state index contributed by atoms with van der Waals surface area (Å²) in [5.74, 6) is -0.326. The molecule has 7 nitrogen and oxygen atoms in total. The fourth-order valence-electron chi connectivity index (χ4n) is 1.70. The van der Waals surface area contributed by atoms with Gasteiger partial charge in [-0.3, -0.25) is 4.79 Å². The fourth-order valence-corrected chi connectivity index (χ4v) is 1.70. The number of hydrogen-bond acceptors (Lipinski definition) is 5. The molecular formula is C13H14N4O3. The first-order valence-corrected chi connectivity index (χ1v) is 5.80. The molecule has 7 heteroatoms. The molecule has 0 atom stereocenters. The number of methoxy groups -OCH3 is 1. The number of ether oxygens (including phenoxy) is 1. The third kappa shape index (κ3) is 2.77. The van der Waals surface area contributed by atoms with Crippen LogP contribution < -0.4 is 11.1 Å². The van der Waals surface area contributed by atoms with Crippen LogP contribution in [0, 0.1) is 0 Å². The van der Waals surface area contributed by atoms with Gasteiger partial charge in [-0.05, 0) is 24.3 Å². The number of aromatic nitrogens is 2. The SMILES string of the molecule is COC(=O)c1ccc(NC(=O)c2nc(N)cn2C)cc1. The molecule has 0 saturated carbocycles. The molecule has 2 aromatic rings. The zero-order valence-corrected chi connectivity index (χ0v) is 11.1. The van der Waals surface area contributed by atoms with Crippen LogP contribution in [-0.2, 0) is 11.8 Å². The van der Waals surface area contributed by atoms with E-state index in [0.29, 0.717) is 11.3 Å². The summed E-state index contributed by atoms with van der Waals surface area (Å²) >= 11 is 0. The standard InChI is InChI=1S/C13H14N4O3/c1-17-7-10(14)16-11(17)12(18)15-9-5-3-8(4-6-9)13(19)20-2/h3-7H,14H2,1-2H3,(H,15,18). The molecule has 0 aliphatic rings. The van der Waals surface area contributed by atoms with Gasteiger partial charge >= 0.3 is 5.97 Å². The number of nitrogen functional groups attached to an aromatic ring is 1. The van der Waals surface area contributed by atoms with Gasteiger partial charge in [0, 0.05) is 18.9 Å². The summed E-state index contributed by atoms with van der Waals surface area (Å²) in [6.45, 7) is 0. The Morgan fingerprint density at radius 1 is 1.30 bits per heavy atom. The van der Waals surface area contributed by atoms with Crippen molar-refractivity contribution in [2.24, 2.45) is 7.05 Å². The number of anilines is 2. The Morgan fingerprint density at radius 2 is 1.95 bits per heavy atom. The highest BCUT2D eigenvalue weighted by Crippen LogP contribution is 2.12. The van der Waals surface area contributed by atoms with Crippen molar-refractivity contribution in [3.05, 3.63) is 41.9 Å². The van der Waals surface area contributed by atoms with Crippen molar-refractivity contribution >= 4 is 23.4 Å². The number of imidazole rings is 1. The molecule has 0 spiro atoms. The average molecular weight is 274 g/mol. The first-order chi connectivity index (χ1) is 9.51. The zero-order valence-electron chi connectivity index (χ0n) is 11.1. The summed E-state index contributed by atoms with van der Waals surface area (Å²) in [5, 5.41) is 2.67.